The number of alkyl halides is 2. The van der Waals surface area contributed by atoms with Gasteiger partial charge in [0.1, 0.15) is 16.3 Å². The summed E-state index contributed by atoms with van der Waals surface area (Å²) >= 11 is 7.37. The summed E-state index contributed by atoms with van der Waals surface area (Å²) in [6, 6.07) is 0. The average Bonchev–Trinajstić information content (AvgIpc) is 2.97. The van der Waals surface area contributed by atoms with Gasteiger partial charge in [0.2, 0.25) is 0 Å². The number of oxime groups is 1. The van der Waals surface area contributed by atoms with Gasteiger partial charge in [0.25, 0.3) is 6.43 Å². The van der Waals surface area contributed by atoms with Crippen LogP contribution in [-0.2, 0) is 17.1 Å². The summed E-state index contributed by atoms with van der Waals surface area (Å²) < 4.78 is 27.6. The van der Waals surface area contributed by atoms with Crippen molar-refractivity contribution in [1.29, 1.82) is 0 Å². The van der Waals surface area contributed by atoms with Gasteiger partial charge in [-0.2, -0.15) is 5.10 Å². The molecular formula is C13H18ClF2N3OS. The molecule has 8 heteroatoms. The fourth-order valence-corrected chi connectivity index (χ4v) is 3.50. The number of halogens is 3. The normalized spacial score (nSPS) is 21.8. The minimum Gasteiger partial charge on any atom is -0.388 e. The molecule has 0 saturated carbocycles. The summed E-state index contributed by atoms with van der Waals surface area (Å²) in [6.07, 6.45) is -1.06. The van der Waals surface area contributed by atoms with Gasteiger partial charge in [-0.25, -0.2) is 8.78 Å². The van der Waals surface area contributed by atoms with Crippen molar-refractivity contribution in [2.45, 2.75) is 57.9 Å². The molecule has 1 unspecified atom stereocenters. The number of aryl methyl sites for hydroxylation is 1. The van der Waals surface area contributed by atoms with E-state index < -0.39 is 6.43 Å². The van der Waals surface area contributed by atoms with Crippen molar-refractivity contribution in [2.24, 2.45) is 5.16 Å². The molecule has 0 saturated heterocycles. The molecule has 2 heterocycles. The zero-order chi connectivity index (χ0) is 15.6. The fourth-order valence-electron chi connectivity index (χ4n) is 2.07. The number of thioether (sulfide) groups is 1. The number of rotatable bonds is 5. The minimum atomic E-state index is -2.59. The van der Waals surface area contributed by atoms with E-state index in [0.29, 0.717) is 24.3 Å². The van der Waals surface area contributed by atoms with Gasteiger partial charge in [0, 0.05) is 24.3 Å². The van der Waals surface area contributed by atoms with Crippen molar-refractivity contribution in [3.05, 3.63) is 16.4 Å². The van der Waals surface area contributed by atoms with Crippen molar-refractivity contribution in [1.82, 2.24) is 9.78 Å². The molecule has 4 nitrogen and oxygen atoms in total. The Hall–Kier alpha value is -0.820. The van der Waals surface area contributed by atoms with Crippen molar-refractivity contribution >= 4 is 28.4 Å². The molecule has 1 aromatic heterocycles. The highest BCUT2D eigenvalue weighted by molar-refractivity contribution is 8.13. The van der Waals surface area contributed by atoms with E-state index in [1.807, 2.05) is 13.8 Å². The zero-order valence-electron chi connectivity index (χ0n) is 12.2. The Morgan fingerprint density at radius 2 is 2.19 bits per heavy atom. The third-order valence-electron chi connectivity index (χ3n) is 3.58. The van der Waals surface area contributed by atoms with E-state index in [0.717, 1.165) is 11.5 Å². The van der Waals surface area contributed by atoms with E-state index in [4.69, 9.17) is 16.4 Å². The third-order valence-corrected chi connectivity index (χ3v) is 4.86. The maximum atomic E-state index is 13.2. The summed E-state index contributed by atoms with van der Waals surface area (Å²) in [5.41, 5.74) is -0.00950. The summed E-state index contributed by atoms with van der Waals surface area (Å²) in [5, 5.41) is 8.93. The molecule has 0 aromatic carbocycles. The first kappa shape index (κ1) is 16.5. The molecule has 0 N–H and O–H groups in total. The first-order valence-electron chi connectivity index (χ1n) is 6.81. The first-order valence-corrected chi connectivity index (χ1v) is 8.17. The number of hydrogen-bond donors (Lipinski definition) is 0. The predicted molar refractivity (Wildman–Crippen MR) is 81.0 cm³/mol. The fraction of sp³-hybridized carbons (Fsp3) is 0.692. The molecule has 0 bridgehead atoms. The third kappa shape index (κ3) is 3.51. The van der Waals surface area contributed by atoms with Crippen LogP contribution in [0.4, 0.5) is 8.78 Å². The van der Waals surface area contributed by atoms with Crippen LogP contribution in [-0.4, -0.2) is 20.4 Å². The molecule has 0 fully saturated rings. The Labute approximate surface area is 131 Å². The largest absolute Gasteiger partial charge is 0.388 e. The Morgan fingerprint density at radius 1 is 1.48 bits per heavy atom. The molecule has 21 heavy (non-hydrogen) atoms. The Morgan fingerprint density at radius 3 is 2.71 bits per heavy atom. The van der Waals surface area contributed by atoms with Crippen LogP contribution in [0.1, 0.15) is 51.3 Å². The van der Waals surface area contributed by atoms with Crippen molar-refractivity contribution in [3.63, 3.8) is 0 Å². The lowest BCUT2D eigenvalue weighted by molar-refractivity contribution is -0.00604. The van der Waals surface area contributed by atoms with Crippen LogP contribution in [0, 0.1) is 0 Å². The SMILES string of the molecule is CCn1nc(Cl)c(CSC2=NOC(C)(CC)C2)c1C(F)F. The van der Waals surface area contributed by atoms with Crippen LogP contribution >= 0.6 is 23.4 Å². The maximum Gasteiger partial charge on any atom is 0.280 e. The summed E-state index contributed by atoms with van der Waals surface area (Å²) in [4.78, 5) is 5.39. The van der Waals surface area contributed by atoms with E-state index in [2.05, 4.69) is 10.3 Å². The highest BCUT2D eigenvalue weighted by Gasteiger charge is 2.33. The van der Waals surface area contributed by atoms with Gasteiger partial charge in [-0.05, 0) is 20.3 Å². The maximum absolute atomic E-state index is 13.2. The highest BCUT2D eigenvalue weighted by atomic mass is 35.5. The minimum absolute atomic E-state index is 0.104. The van der Waals surface area contributed by atoms with Gasteiger partial charge in [-0.1, -0.05) is 23.7 Å². The van der Waals surface area contributed by atoms with Crippen LogP contribution < -0.4 is 0 Å². The van der Waals surface area contributed by atoms with Crippen LogP contribution in [0.2, 0.25) is 5.15 Å². The lowest BCUT2D eigenvalue weighted by Crippen LogP contribution is -2.22. The van der Waals surface area contributed by atoms with E-state index in [-0.39, 0.29) is 16.4 Å². The van der Waals surface area contributed by atoms with E-state index >= 15 is 0 Å². The van der Waals surface area contributed by atoms with E-state index in [1.54, 1.807) is 6.92 Å². The Balaban J connectivity index is 2.09. The second-order valence-corrected chi connectivity index (χ2v) is 6.52. The van der Waals surface area contributed by atoms with E-state index in [1.165, 1.54) is 16.4 Å². The van der Waals surface area contributed by atoms with Gasteiger partial charge in [-0.15, -0.1) is 11.8 Å². The monoisotopic (exact) mass is 337 g/mol. The molecule has 0 amide bonds. The predicted octanol–water partition coefficient (Wildman–Crippen LogP) is 4.63. The molecule has 1 atom stereocenters. The second kappa shape index (κ2) is 6.52. The number of nitrogens with zero attached hydrogens (tertiary/aromatic N) is 3. The molecule has 118 valence electrons. The van der Waals surface area contributed by atoms with Crippen LogP contribution in [0.15, 0.2) is 5.16 Å². The van der Waals surface area contributed by atoms with Crippen LogP contribution in [0.25, 0.3) is 0 Å². The van der Waals surface area contributed by atoms with Crippen LogP contribution in [0.3, 0.4) is 0 Å². The molecule has 0 spiro atoms. The molecule has 1 aliphatic rings. The van der Waals surface area contributed by atoms with Crippen molar-refractivity contribution in [3.8, 4) is 0 Å². The highest BCUT2D eigenvalue weighted by Crippen LogP contribution is 2.35. The van der Waals surface area contributed by atoms with Gasteiger partial charge in [0.15, 0.2) is 5.15 Å². The van der Waals surface area contributed by atoms with Crippen molar-refractivity contribution in [2.75, 3.05) is 0 Å². The molecule has 2 rings (SSSR count). The standard InChI is InChI=1S/C13H18ClF2N3OS/c1-4-13(3)6-9(18-20-13)21-7-8-10(12(15)16)19(5-2)17-11(8)14/h12H,4-7H2,1-3H3. The average molecular weight is 338 g/mol. The molecule has 0 aliphatic carbocycles. The molecular weight excluding hydrogens is 320 g/mol. The Bertz CT molecular complexity index is 550. The van der Waals surface area contributed by atoms with E-state index in [9.17, 15) is 8.78 Å². The molecule has 1 aromatic rings. The lowest BCUT2D eigenvalue weighted by Gasteiger charge is -2.18. The van der Waals surface area contributed by atoms with Crippen molar-refractivity contribution < 1.29 is 13.6 Å². The summed E-state index contributed by atoms with van der Waals surface area (Å²) in [7, 11) is 0. The molecule has 1 aliphatic heterocycles. The summed E-state index contributed by atoms with van der Waals surface area (Å²) in [6.45, 7) is 6.13. The van der Waals surface area contributed by atoms with Gasteiger partial charge < -0.3 is 4.84 Å². The zero-order valence-corrected chi connectivity index (χ0v) is 13.8. The topological polar surface area (TPSA) is 39.4 Å². The first-order chi connectivity index (χ1) is 9.90. The quantitative estimate of drug-likeness (QED) is 0.786. The van der Waals surface area contributed by atoms with Gasteiger partial charge in [-0.3, -0.25) is 4.68 Å². The van der Waals surface area contributed by atoms with Crippen LogP contribution in [0.5, 0.6) is 0 Å². The number of aromatic nitrogens is 2. The summed E-state index contributed by atoms with van der Waals surface area (Å²) in [5.74, 6) is 0.320. The smallest absolute Gasteiger partial charge is 0.280 e. The lowest BCUT2D eigenvalue weighted by atomic mass is 10.0. The number of hydrogen-bond acceptors (Lipinski definition) is 4. The van der Waals surface area contributed by atoms with Gasteiger partial charge in [0.05, 0.1) is 0 Å². The molecule has 0 radical (unpaired) electrons. The second-order valence-electron chi connectivity index (χ2n) is 5.12. The van der Waals surface area contributed by atoms with Gasteiger partial charge >= 0.3 is 0 Å². The Kier molecular flexibility index (Phi) is 5.14.